The predicted molar refractivity (Wildman–Crippen MR) is 83.4 cm³/mol. The van der Waals surface area contributed by atoms with E-state index in [1.54, 1.807) is 0 Å². The van der Waals surface area contributed by atoms with Crippen LogP contribution in [0.15, 0.2) is 22.7 Å². The van der Waals surface area contributed by atoms with Crippen molar-refractivity contribution in [2.75, 3.05) is 0 Å². The first kappa shape index (κ1) is 14.4. The molecule has 18 heavy (non-hydrogen) atoms. The highest BCUT2D eigenvalue weighted by Gasteiger charge is 2.25. The summed E-state index contributed by atoms with van der Waals surface area (Å²) in [5.41, 5.74) is 1.24. The lowest BCUT2D eigenvalue weighted by Crippen LogP contribution is -2.28. The van der Waals surface area contributed by atoms with E-state index in [0.29, 0.717) is 6.10 Å². The van der Waals surface area contributed by atoms with Gasteiger partial charge in [0.2, 0.25) is 0 Å². The number of hydrogen-bond donors (Lipinski definition) is 0. The Morgan fingerprint density at radius 3 is 2.44 bits per heavy atom. The van der Waals surface area contributed by atoms with Gasteiger partial charge in [-0.2, -0.15) is 0 Å². The molecule has 0 aliphatic heterocycles. The molecule has 2 unspecified atom stereocenters. The summed E-state index contributed by atoms with van der Waals surface area (Å²) >= 11 is 7.05. The standard InChI is InChI=1S/C15H20Br2O/c1-10-5-11(2)7-14(6-10)18-13-3-4-15(17)12(8-13)9-16/h3-4,8,10-11,14H,5-7,9H2,1-2H3. The first-order chi connectivity index (χ1) is 8.58. The lowest BCUT2D eigenvalue weighted by atomic mass is 9.82. The molecule has 1 saturated carbocycles. The Kier molecular flexibility index (Phi) is 5.14. The topological polar surface area (TPSA) is 9.23 Å². The minimum atomic E-state index is 0.383. The van der Waals surface area contributed by atoms with Crippen molar-refractivity contribution in [3.8, 4) is 5.75 Å². The van der Waals surface area contributed by atoms with Gasteiger partial charge in [-0.05, 0) is 54.9 Å². The Balaban J connectivity index is 2.04. The fraction of sp³-hybridized carbons (Fsp3) is 0.600. The van der Waals surface area contributed by atoms with Crippen LogP contribution < -0.4 is 4.74 Å². The second-order valence-electron chi connectivity index (χ2n) is 5.54. The normalized spacial score (nSPS) is 28.1. The Bertz CT molecular complexity index is 395. The summed E-state index contributed by atoms with van der Waals surface area (Å²) in [6, 6.07) is 6.25. The number of hydrogen-bond acceptors (Lipinski definition) is 1. The molecule has 1 aromatic carbocycles. The van der Waals surface area contributed by atoms with Crippen LogP contribution >= 0.6 is 31.9 Å². The van der Waals surface area contributed by atoms with Crippen LogP contribution in [0.4, 0.5) is 0 Å². The number of alkyl halides is 1. The minimum Gasteiger partial charge on any atom is -0.490 e. The molecule has 2 rings (SSSR count). The molecule has 0 aromatic heterocycles. The minimum absolute atomic E-state index is 0.383. The molecule has 3 heteroatoms. The van der Waals surface area contributed by atoms with Crippen LogP contribution in [-0.4, -0.2) is 6.10 Å². The van der Waals surface area contributed by atoms with E-state index in [9.17, 15) is 0 Å². The molecule has 1 nitrogen and oxygen atoms in total. The van der Waals surface area contributed by atoms with Gasteiger partial charge in [0, 0.05) is 9.80 Å². The summed E-state index contributed by atoms with van der Waals surface area (Å²) in [6.45, 7) is 4.66. The Morgan fingerprint density at radius 2 is 1.83 bits per heavy atom. The average Bonchev–Trinajstić information content (AvgIpc) is 2.30. The van der Waals surface area contributed by atoms with Gasteiger partial charge in [0.15, 0.2) is 0 Å². The van der Waals surface area contributed by atoms with E-state index in [4.69, 9.17) is 4.74 Å². The molecule has 0 amide bonds. The molecule has 0 N–H and O–H groups in total. The maximum atomic E-state index is 6.15. The summed E-state index contributed by atoms with van der Waals surface area (Å²) in [5.74, 6) is 2.56. The van der Waals surface area contributed by atoms with Gasteiger partial charge in [0.05, 0.1) is 6.10 Å². The zero-order valence-electron chi connectivity index (χ0n) is 11.0. The lowest BCUT2D eigenvalue weighted by Gasteiger charge is -2.31. The monoisotopic (exact) mass is 374 g/mol. The van der Waals surface area contributed by atoms with Crippen LogP contribution in [0.1, 0.15) is 38.7 Å². The van der Waals surface area contributed by atoms with E-state index in [1.165, 1.54) is 24.8 Å². The third-order valence-corrected chi connectivity index (χ3v) is 4.98. The van der Waals surface area contributed by atoms with Crippen molar-refractivity contribution in [2.24, 2.45) is 11.8 Å². The fourth-order valence-electron chi connectivity index (χ4n) is 2.89. The third kappa shape index (κ3) is 3.74. The molecular formula is C15H20Br2O. The van der Waals surface area contributed by atoms with Gasteiger partial charge in [-0.15, -0.1) is 0 Å². The summed E-state index contributed by atoms with van der Waals surface area (Å²) in [5, 5.41) is 0.849. The molecule has 1 fully saturated rings. The van der Waals surface area contributed by atoms with Gasteiger partial charge in [-0.3, -0.25) is 0 Å². The van der Waals surface area contributed by atoms with E-state index in [0.717, 1.165) is 27.4 Å². The predicted octanol–water partition coefficient (Wildman–Crippen LogP) is 5.55. The number of halogens is 2. The van der Waals surface area contributed by atoms with E-state index in [-0.39, 0.29) is 0 Å². The summed E-state index contributed by atoms with van der Waals surface area (Å²) in [6.07, 6.45) is 4.09. The Morgan fingerprint density at radius 1 is 1.17 bits per heavy atom. The van der Waals surface area contributed by atoms with Crippen molar-refractivity contribution in [3.05, 3.63) is 28.2 Å². The molecule has 100 valence electrons. The van der Waals surface area contributed by atoms with E-state index >= 15 is 0 Å². The molecule has 1 aliphatic rings. The molecular weight excluding hydrogens is 356 g/mol. The fourth-order valence-corrected chi connectivity index (χ4v) is 4.12. The van der Waals surface area contributed by atoms with Crippen LogP contribution in [0, 0.1) is 11.8 Å². The lowest BCUT2D eigenvalue weighted by molar-refractivity contribution is 0.101. The number of rotatable bonds is 3. The Hall–Kier alpha value is -0.0200. The van der Waals surface area contributed by atoms with Crippen LogP contribution in [-0.2, 0) is 5.33 Å². The quantitative estimate of drug-likeness (QED) is 0.629. The average molecular weight is 376 g/mol. The van der Waals surface area contributed by atoms with Crippen molar-refractivity contribution in [1.82, 2.24) is 0 Å². The largest absolute Gasteiger partial charge is 0.490 e. The molecule has 0 heterocycles. The maximum absolute atomic E-state index is 6.15. The first-order valence-corrected chi connectivity index (χ1v) is 8.51. The van der Waals surface area contributed by atoms with Crippen molar-refractivity contribution < 1.29 is 4.74 Å². The maximum Gasteiger partial charge on any atom is 0.120 e. The van der Waals surface area contributed by atoms with Crippen LogP contribution in [0.5, 0.6) is 5.75 Å². The van der Waals surface area contributed by atoms with E-state index in [1.807, 2.05) is 0 Å². The number of ether oxygens (including phenoxy) is 1. The molecule has 2 atom stereocenters. The third-order valence-electron chi connectivity index (χ3n) is 3.60. The molecule has 0 bridgehead atoms. The van der Waals surface area contributed by atoms with Gasteiger partial charge in [-0.25, -0.2) is 0 Å². The number of benzene rings is 1. The second-order valence-corrected chi connectivity index (χ2v) is 6.96. The van der Waals surface area contributed by atoms with E-state index in [2.05, 4.69) is 63.9 Å². The van der Waals surface area contributed by atoms with Gasteiger partial charge >= 0.3 is 0 Å². The van der Waals surface area contributed by atoms with Crippen molar-refractivity contribution in [1.29, 1.82) is 0 Å². The van der Waals surface area contributed by atoms with Gasteiger partial charge in [-0.1, -0.05) is 45.7 Å². The van der Waals surface area contributed by atoms with Crippen molar-refractivity contribution >= 4 is 31.9 Å². The highest BCUT2D eigenvalue weighted by atomic mass is 79.9. The summed E-state index contributed by atoms with van der Waals surface area (Å²) in [4.78, 5) is 0. The van der Waals surface area contributed by atoms with Crippen LogP contribution in [0.3, 0.4) is 0 Å². The molecule has 0 radical (unpaired) electrons. The van der Waals surface area contributed by atoms with Crippen molar-refractivity contribution in [3.63, 3.8) is 0 Å². The van der Waals surface area contributed by atoms with Crippen LogP contribution in [0.25, 0.3) is 0 Å². The zero-order chi connectivity index (χ0) is 13.1. The molecule has 1 aromatic rings. The first-order valence-electron chi connectivity index (χ1n) is 6.59. The summed E-state index contributed by atoms with van der Waals surface area (Å²) in [7, 11) is 0. The second kappa shape index (κ2) is 6.42. The SMILES string of the molecule is CC1CC(C)CC(Oc2ccc(Br)c(CBr)c2)C1. The highest BCUT2D eigenvalue weighted by Crippen LogP contribution is 2.32. The zero-order valence-corrected chi connectivity index (χ0v) is 14.1. The van der Waals surface area contributed by atoms with Crippen molar-refractivity contribution in [2.45, 2.75) is 44.5 Å². The Labute approximate surface area is 127 Å². The molecule has 0 spiro atoms. The van der Waals surface area contributed by atoms with E-state index < -0.39 is 0 Å². The van der Waals surface area contributed by atoms with Gasteiger partial charge in [0.25, 0.3) is 0 Å². The molecule has 1 aliphatic carbocycles. The summed E-state index contributed by atoms with van der Waals surface area (Å²) < 4.78 is 7.29. The highest BCUT2D eigenvalue weighted by molar-refractivity contribution is 9.10. The van der Waals surface area contributed by atoms with Crippen LogP contribution in [0.2, 0.25) is 0 Å². The van der Waals surface area contributed by atoms with Gasteiger partial charge < -0.3 is 4.74 Å². The smallest absolute Gasteiger partial charge is 0.120 e. The van der Waals surface area contributed by atoms with Gasteiger partial charge in [0.1, 0.15) is 5.75 Å². The molecule has 0 saturated heterocycles.